The molecule has 0 nitrogen and oxygen atoms in total. The maximum Gasteiger partial charge on any atom is 0.0441 e. The second-order valence-corrected chi connectivity index (χ2v) is 3.46. The van der Waals surface area contributed by atoms with Crippen LogP contribution < -0.4 is 0 Å². The summed E-state index contributed by atoms with van der Waals surface area (Å²) in [7, 11) is 0. The molecule has 0 aliphatic heterocycles. The van der Waals surface area contributed by atoms with Gasteiger partial charge in [-0.1, -0.05) is 36.7 Å². The molecule has 1 heteroatoms. The van der Waals surface area contributed by atoms with Gasteiger partial charge in [-0.05, 0) is 24.5 Å². The summed E-state index contributed by atoms with van der Waals surface area (Å²) in [5.74, 6) is 6.38. The Balaban J connectivity index is 2.80. The molecule has 13 heavy (non-hydrogen) atoms. The van der Waals surface area contributed by atoms with E-state index in [0.717, 1.165) is 11.4 Å². The molecule has 0 aliphatic carbocycles. The minimum absolute atomic E-state index is 0.418. The molecule has 0 N–H and O–H groups in total. The van der Waals surface area contributed by atoms with Gasteiger partial charge in [0.2, 0.25) is 0 Å². The molecule has 0 aliphatic rings. The molecule has 0 saturated carbocycles. The van der Waals surface area contributed by atoms with Crippen molar-refractivity contribution in [3.8, 4) is 11.8 Å². The summed E-state index contributed by atoms with van der Waals surface area (Å²) in [6.07, 6.45) is 0.875. The maximum absolute atomic E-state index is 6.05. The van der Waals surface area contributed by atoms with E-state index >= 15 is 0 Å². The number of hydrogen-bond acceptors (Lipinski definition) is 0. The van der Waals surface area contributed by atoms with Crippen LogP contribution in [0, 0.1) is 11.8 Å². The molecule has 0 heterocycles. The van der Waals surface area contributed by atoms with Crippen LogP contribution in [0.25, 0.3) is 0 Å². The molecule has 0 spiro atoms. The van der Waals surface area contributed by atoms with Crippen molar-refractivity contribution in [2.45, 2.75) is 26.2 Å². The Morgan fingerprint density at radius 2 is 2.08 bits per heavy atom. The number of halogens is 1. The van der Waals surface area contributed by atoms with Crippen LogP contribution in [0.4, 0.5) is 0 Å². The topological polar surface area (TPSA) is 0 Å². The Morgan fingerprint density at radius 1 is 1.38 bits per heavy atom. The van der Waals surface area contributed by atoms with E-state index < -0.39 is 0 Å². The van der Waals surface area contributed by atoms with Crippen LogP contribution in [0.3, 0.4) is 0 Å². The van der Waals surface area contributed by atoms with E-state index in [2.05, 4.69) is 24.8 Å². The van der Waals surface area contributed by atoms with Gasteiger partial charge in [0, 0.05) is 11.4 Å². The molecule has 1 aromatic carbocycles. The van der Waals surface area contributed by atoms with Crippen molar-refractivity contribution in [3.05, 3.63) is 34.9 Å². The van der Waals surface area contributed by atoms with Gasteiger partial charge in [0.15, 0.2) is 0 Å². The van der Waals surface area contributed by atoms with Gasteiger partial charge in [0.05, 0.1) is 0 Å². The van der Waals surface area contributed by atoms with Crippen LogP contribution in [0.2, 0.25) is 5.02 Å². The van der Waals surface area contributed by atoms with E-state index in [4.69, 9.17) is 11.6 Å². The smallest absolute Gasteiger partial charge is 0.0441 e. The van der Waals surface area contributed by atoms with Gasteiger partial charge in [-0.2, -0.15) is 0 Å². The second-order valence-electron chi connectivity index (χ2n) is 3.05. The van der Waals surface area contributed by atoms with Gasteiger partial charge in [0.25, 0.3) is 0 Å². The van der Waals surface area contributed by atoms with Crippen LogP contribution in [-0.2, 0) is 0 Å². The lowest BCUT2D eigenvalue weighted by Crippen LogP contribution is -1.92. The van der Waals surface area contributed by atoms with Gasteiger partial charge in [-0.15, -0.1) is 11.8 Å². The molecule has 0 fully saturated rings. The van der Waals surface area contributed by atoms with Crippen molar-refractivity contribution in [2.24, 2.45) is 0 Å². The minimum Gasteiger partial charge on any atom is -0.107 e. The summed E-state index contributed by atoms with van der Waals surface area (Å²) >= 11 is 6.05. The first-order valence-corrected chi connectivity index (χ1v) is 4.77. The Bertz CT molecular complexity index is 330. The standard InChI is InChI=1S/C12H13Cl/c1-3-4-7-10(2)11-8-5-6-9-12(11)13/h5-6,8-10H,7H2,1-2H3. The quantitative estimate of drug-likeness (QED) is 0.625. The molecule has 1 unspecified atom stereocenters. The molecule has 0 aromatic heterocycles. The van der Waals surface area contributed by atoms with Crippen LogP contribution in [0.15, 0.2) is 24.3 Å². The maximum atomic E-state index is 6.05. The third kappa shape index (κ3) is 2.79. The highest BCUT2D eigenvalue weighted by Gasteiger charge is 2.06. The molecular weight excluding hydrogens is 180 g/mol. The Kier molecular flexibility index (Phi) is 3.86. The lowest BCUT2D eigenvalue weighted by Gasteiger charge is -2.09. The van der Waals surface area contributed by atoms with E-state index in [1.165, 1.54) is 5.56 Å². The monoisotopic (exact) mass is 192 g/mol. The zero-order valence-corrected chi connectivity index (χ0v) is 8.73. The average Bonchev–Trinajstić information content (AvgIpc) is 2.15. The first-order chi connectivity index (χ1) is 6.25. The fourth-order valence-corrected chi connectivity index (χ4v) is 1.56. The highest BCUT2D eigenvalue weighted by molar-refractivity contribution is 6.31. The summed E-state index contributed by atoms with van der Waals surface area (Å²) in [6.45, 7) is 4.00. The average molecular weight is 193 g/mol. The fraction of sp³-hybridized carbons (Fsp3) is 0.333. The van der Waals surface area contributed by atoms with Crippen LogP contribution in [0.5, 0.6) is 0 Å². The first-order valence-electron chi connectivity index (χ1n) is 4.39. The fourth-order valence-electron chi connectivity index (χ4n) is 1.24. The van der Waals surface area contributed by atoms with Crippen molar-refractivity contribution in [1.82, 2.24) is 0 Å². The van der Waals surface area contributed by atoms with Crippen molar-refractivity contribution >= 4 is 11.6 Å². The molecular formula is C12H13Cl. The molecule has 0 saturated heterocycles. The van der Waals surface area contributed by atoms with E-state index in [0.29, 0.717) is 5.92 Å². The van der Waals surface area contributed by atoms with Gasteiger partial charge in [-0.25, -0.2) is 0 Å². The lowest BCUT2D eigenvalue weighted by atomic mass is 9.98. The summed E-state index contributed by atoms with van der Waals surface area (Å²) in [5, 5.41) is 0.841. The van der Waals surface area contributed by atoms with Gasteiger partial charge in [0.1, 0.15) is 0 Å². The molecule has 1 aromatic rings. The number of rotatable bonds is 2. The highest BCUT2D eigenvalue weighted by Crippen LogP contribution is 2.25. The molecule has 0 amide bonds. The summed E-state index contributed by atoms with van der Waals surface area (Å²) in [4.78, 5) is 0. The molecule has 0 radical (unpaired) electrons. The number of hydrogen-bond donors (Lipinski definition) is 0. The van der Waals surface area contributed by atoms with E-state index in [9.17, 15) is 0 Å². The predicted molar refractivity (Wildman–Crippen MR) is 57.9 cm³/mol. The third-order valence-corrected chi connectivity index (χ3v) is 2.37. The first kappa shape index (κ1) is 10.2. The lowest BCUT2D eigenvalue weighted by molar-refractivity contribution is 0.796. The second kappa shape index (κ2) is 4.94. The highest BCUT2D eigenvalue weighted by atomic mass is 35.5. The Hall–Kier alpha value is -0.930. The van der Waals surface area contributed by atoms with Gasteiger partial charge >= 0.3 is 0 Å². The predicted octanol–water partition coefficient (Wildman–Crippen LogP) is 3.86. The minimum atomic E-state index is 0.418. The molecule has 0 bridgehead atoms. The van der Waals surface area contributed by atoms with E-state index in [1.807, 2.05) is 25.1 Å². The third-order valence-electron chi connectivity index (χ3n) is 2.02. The van der Waals surface area contributed by atoms with Crippen molar-refractivity contribution < 1.29 is 0 Å². The van der Waals surface area contributed by atoms with E-state index in [-0.39, 0.29) is 0 Å². The van der Waals surface area contributed by atoms with Crippen LogP contribution in [0.1, 0.15) is 31.7 Å². The normalized spacial score (nSPS) is 11.6. The van der Waals surface area contributed by atoms with Crippen LogP contribution in [-0.4, -0.2) is 0 Å². The van der Waals surface area contributed by atoms with Crippen LogP contribution >= 0.6 is 11.6 Å². The van der Waals surface area contributed by atoms with Crippen molar-refractivity contribution in [1.29, 1.82) is 0 Å². The Labute approximate surface area is 84.9 Å². The summed E-state index contributed by atoms with van der Waals surface area (Å²) in [6, 6.07) is 7.94. The van der Waals surface area contributed by atoms with E-state index in [1.54, 1.807) is 0 Å². The largest absolute Gasteiger partial charge is 0.107 e. The SMILES string of the molecule is CC#CCC(C)c1ccccc1Cl. The molecule has 1 atom stereocenters. The van der Waals surface area contributed by atoms with Crippen molar-refractivity contribution in [2.75, 3.05) is 0 Å². The van der Waals surface area contributed by atoms with Crippen molar-refractivity contribution in [3.63, 3.8) is 0 Å². The molecule has 1 rings (SSSR count). The van der Waals surface area contributed by atoms with Gasteiger partial charge < -0.3 is 0 Å². The molecule has 68 valence electrons. The number of benzene rings is 1. The Morgan fingerprint density at radius 3 is 2.69 bits per heavy atom. The zero-order chi connectivity index (χ0) is 9.68. The summed E-state index contributed by atoms with van der Waals surface area (Å²) < 4.78 is 0. The zero-order valence-electron chi connectivity index (χ0n) is 7.97. The van der Waals surface area contributed by atoms with Gasteiger partial charge in [-0.3, -0.25) is 0 Å². The summed E-state index contributed by atoms with van der Waals surface area (Å²) in [5.41, 5.74) is 1.19.